The Bertz CT molecular complexity index is 608. The number of hydrogen-bond acceptors (Lipinski definition) is 3. The maximum absolute atomic E-state index is 13.0. The summed E-state index contributed by atoms with van der Waals surface area (Å²) >= 11 is 6.08. The van der Waals surface area contributed by atoms with Gasteiger partial charge in [-0.05, 0) is 43.5 Å². The molecule has 23 heavy (non-hydrogen) atoms. The van der Waals surface area contributed by atoms with E-state index in [0.717, 1.165) is 37.5 Å². The molecule has 2 heterocycles. The van der Waals surface area contributed by atoms with Gasteiger partial charge in [-0.2, -0.15) is 0 Å². The number of carbonyl (C=O) groups excluding carboxylic acids is 1. The topological polar surface area (TPSA) is 32.8 Å². The molecule has 2 aliphatic heterocycles. The number of fused-ring (bicyclic) bond motifs is 1. The van der Waals surface area contributed by atoms with Crippen molar-refractivity contribution >= 4 is 17.5 Å². The number of halogens is 1. The standard InChI is InChI=1S/C18H23ClN2O2/c1-20-6-5-17-16(11-20)21(7-8-23-17)18(22)15-10-14(15)12-3-2-4-13(19)9-12/h2-4,9,14-17H,5-8,10-11H2,1H3/t14-,15-,16-,17+/m1/s1. The molecule has 0 radical (unpaired) electrons. The number of rotatable bonds is 2. The molecule has 1 saturated carbocycles. The van der Waals surface area contributed by atoms with Crippen LogP contribution < -0.4 is 0 Å². The van der Waals surface area contributed by atoms with Gasteiger partial charge in [0.05, 0.1) is 18.8 Å². The molecule has 4 atom stereocenters. The van der Waals surface area contributed by atoms with Crippen LogP contribution in [-0.2, 0) is 9.53 Å². The third-order valence-electron chi connectivity index (χ3n) is 5.46. The van der Waals surface area contributed by atoms with Crippen LogP contribution in [0.1, 0.15) is 24.3 Å². The molecule has 3 aliphatic rings. The van der Waals surface area contributed by atoms with Crippen molar-refractivity contribution in [2.45, 2.75) is 30.9 Å². The van der Waals surface area contributed by atoms with E-state index in [0.29, 0.717) is 18.4 Å². The van der Waals surface area contributed by atoms with E-state index in [4.69, 9.17) is 16.3 Å². The Morgan fingerprint density at radius 1 is 1.35 bits per heavy atom. The van der Waals surface area contributed by atoms with Crippen molar-refractivity contribution in [2.24, 2.45) is 5.92 Å². The Balaban J connectivity index is 1.47. The number of ether oxygens (including phenoxy) is 1. The number of carbonyl (C=O) groups is 1. The number of hydrogen-bond donors (Lipinski definition) is 0. The van der Waals surface area contributed by atoms with Crippen LogP contribution in [0.4, 0.5) is 0 Å². The molecule has 4 rings (SSSR count). The van der Waals surface area contributed by atoms with Gasteiger partial charge in [0.15, 0.2) is 0 Å². The van der Waals surface area contributed by atoms with Gasteiger partial charge in [0.25, 0.3) is 0 Å². The Morgan fingerprint density at radius 3 is 3.04 bits per heavy atom. The van der Waals surface area contributed by atoms with Gasteiger partial charge in [-0.15, -0.1) is 0 Å². The highest BCUT2D eigenvalue weighted by molar-refractivity contribution is 6.30. The number of benzene rings is 1. The fourth-order valence-corrected chi connectivity index (χ4v) is 4.29. The fourth-order valence-electron chi connectivity index (χ4n) is 4.09. The molecular weight excluding hydrogens is 312 g/mol. The molecule has 0 aromatic heterocycles. The third-order valence-corrected chi connectivity index (χ3v) is 5.69. The average molecular weight is 335 g/mol. The highest BCUT2D eigenvalue weighted by atomic mass is 35.5. The highest BCUT2D eigenvalue weighted by Crippen LogP contribution is 2.49. The van der Waals surface area contributed by atoms with Gasteiger partial charge in [0, 0.05) is 30.6 Å². The van der Waals surface area contributed by atoms with Crippen LogP contribution in [0.3, 0.4) is 0 Å². The number of morpholine rings is 1. The van der Waals surface area contributed by atoms with Crippen LogP contribution in [0.25, 0.3) is 0 Å². The van der Waals surface area contributed by atoms with Crippen LogP contribution in [0, 0.1) is 5.92 Å². The first-order valence-corrected chi connectivity index (χ1v) is 8.87. The van der Waals surface area contributed by atoms with Gasteiger partial charge >= 0.3 is 0 Å². The Kier molecular flexibility index (Phi) is 4.08. The Hall–Kier alpha value is -1.10. The second-order valence-corrected chi connectivity index (χ2v) is 7.50. The van der Waals surface area contributed by atoms with Crippen molar-refractivity contribution in [3.05, 3.63) is 34.9 Å². The molecule has 2 saturated heterocycles. The van der Waals surface area contributed by atoms with Crippen LogP contribution in [-0.4, -0.2) is 61.1 Å². The summed E-state index contributed by atoms with van der Waals surface area (Å²) in [4.78, 5) is 17.4. The van der Waals surface area contributed by atoms with Crippen LogP contribution in [0.2, 0.25) is 5.02 Å². The van der Waals surface area contributed by atoms with Crippen molar-refractivity contribution in [1.29, 1.82) is 0 Å². The van der Waals surface area contributed by atoms with E-state index in [-0.39, 0.29) is 18.1 Å². The Labute approximate surface area is 142 Å². The van der Waals surface area contributed by atoms with Gasteiger partial charge in [-0.25, -0.2) is 0 Å². The summed E-state index contributed by atoms with van der Waals surface area (Å²) in [6, 6.07) is 8.15. The molecule has 0 bridgehead atoms. The van der Waals surface area contributed by atoms with Gasteiger partial charge in [-0.1, -0.05) is 23.7 Å². The molecule has 124 valence electrons. The average Bonchev–Trinajstić information content (AvgIpc) is 3.34. The molecule has 0 spiro atoms. The maximum Gasteiger partial charge on any atom is 0.226 e. The molecule has 5 heteroatoms. The molecular formula is C18H23ClN2O2. The predicted molar refractivity (Wildman–Crippen MR) is 89.7 cm³/mol. The van der Waals surface area contributed by atoms with E-state index >= 15 is 0 Å². The van der Waals surface area contributed by atoms with Crippen molar-refractivity contribution in [1.82, 2.24) is 9.80 Å². The van der Waals surface area contributed by atoms with Crippen molar-refractivity contribution in [3.8, 4) is 0 Å². The van der Waals surface area contributed by atoms with Crippen LogP contribution in [0.5, 0.6) is 0 Å². The van der Waals surface area contributed by atoms with E-state index in [1.807, 2.05) is 18.2 Å². The minimum Gasteiger partial charge on any atom is -0.374 e. The number of nitrogens with zero attached hydrogens (tertiary/aromatic N) is 2. The number of likely N-dealkylation sites (N-methyl/N-ethyl adjacent to an activating group) is 1. The number of piperidine rings is 1. The molecule has 1 aromatic rings. The summed E-state index contributed by atoms with van der Waals surface area (Å²) in [6.07, 6.45) is 2.18. The predicted octanol–water partition coefficient (Wildman–Crippen LogP) is 2.38. The first-order valence-electron chi connectivity index (χ1n) is 8.49. The number of likely N-dealkylation sites (tertiary alicyclic amines) is 1. The molecule has 4 nitrogen and oxygen atoms in total. The SMILES string of the molecule is CN1CC[C@@H]2OCCN(C(=O)[C@@H]3C[C@@H]3c3cccc(Cl)c3)[C@@H]2C1. The molecule has 1 amide bonds. The summed E-state index contributed by atoms with van der Waals surface area (Å²) < 4.78 is 5.90. The third kappa shape index (κ3) is 3.00. The highest BCUT2D eigenvalue weighted by Gasteiger charge is 2.49. The van der Waals surface area contributed by atoms with Crippen molar-refractivity contribution in [3.63, 3.8) is 0 Å². The Morgan fingerprint density at radius 2 is 2.22 bits per heavy atom. The van der Waals surface area contributed by atoms with E-state index in [1.165, 1.54) is 5.56 Å². The van der Waals surface area contributed by atoms with E-state index < -0.39 is 0 Å². The maximum atomic E-state index is 13.0. The minimum atomic E-state index is 0.124. The lowest BCUT2D eigenvalue weighted by Gasteiger charge is -2.46. The fraction of sp³-hybridized carbons (Fsp3) is 0.611. The zero-order valence-electron chi connectivity index (χ0n) is 13.5. The van der Waals surface area contributed by atoms with Crippen LogP contribution >= 0.6 is 11.6 Å². The molecule has 1 aromatic carbocycles. The summed E-state index contributed by atoms with van der Waals surface area (Å²) in [5.41, 5.74) is 1.20. The van der Waals surface area contributed by atoms with Crippen molar-refractivity contribution in [2.75, 3.05) is 33.3 Å². The van der Waals surface area contributed by atoms with E-state index in [9.17, 15) is 4.79 Å². The largest absolute Gasteiger partial charge is 0.374 e. The molecule has 0 unspecified atom stereocenters. The summed E-state index contributed by atoms with van der Waals surface area (Å²) in [7, 11) is 2.12. The first-order chi connectivity index (χ1) is 11.1. The summed E-state index contributed by atoms with van der Waals surface area (Å²) in [5, 5.41) is 0.751. The lowest BCUT2D eigenvalue weighted by molar-refractivity contribution is -0.153. The van der Waals surface area contributed by atoms with Gasteiger partial charge in [-0.3, -0.25) is 4.79 Å². The second-order valence-electron chi connectivity index (χ2n) is 7.06. The lowest BCUT2D eigenvalue weighted by atomic mass is 9.98. The normalized spacial score (nSPS) is 34.1. The van der Waals surface area contributed by atoms with E-state index in [1.54, 1.807) is 0 Å². The van der Waals surface area contributed by atoms with Gasteiger partial charge in [0.1, 0.15) is 0 Å². The molecule has 1 aliphatic carbocycles. The quantitative estimate of drug-likeness (QED) is 0.832. The van der Waals surface area contributed by atoms with E-state index in [2.05, 4.69) is 22.9 Å². The smallest absolute Gasteiger partial charge is 0.226 e. The second kappa shape index (κ2) is 6.08. The lowest BCUT2D eigenvalue weighted by Crippen LogP contribution is -2.61. The zero-order valence-corrected chi connectivity index (χ0v) is 14.2. The first kappa shape index (κ1) is 15.4. The van der Waals surface area contributed by atoms with Gasteiger partial charge < -0.3 is 14.5 Å². The molecule has 0 N–H and O–H groups in total. The molecule has 3 fully saturated rings. The number of amides is 1. The summed E-state index contributed by atoms with van der Waals surface area (Å²) in [6.45, 7) is 3.38. The van der Waals surface area contributed by atoms with Crippen molar-refractivity contribution < 1.29 is 9.53 Å². The monoisotopic (exact) mass is 334 g/mol. The van der Waals surface area contributed by atoms with Gasteiger partial charge in [0.2, 0.25) is 5.91 Å². The summed E-state index contributed by atoms with van der Waals surface area (Å²) in [5.74, 6) is 0.770. The van der Waals surface area contributed by atoms with Crippen LogP contribution in [0.15, 0.2) is 24.3 Å². The zero-order chi connectivity index (χ0) is 16.0. The minimum absolute atomic E-state index is 0.124.